The molecule has 104 valence electrons. The van der Waals surface area contributed by atoms with Gasteiger partial charge in [-0.2, -0.15) is 0 Å². The molecule has 3 rings (SSSR count). The standard InChI is InChI=1S/C16H12IN3O/c17-15-10-18-11-19-16(15)20-12-5-4-8-14(9-12)21-13-6-2-1-3-7-13/h1-11H,(H,18,19,20). The summed E-state index contributed by atoms with van der Waals surface area (Å²) in [5.41, 5.74) is 0.917. The molecule has 0 unspecified atom stereocenters. The highest BCUT2D eigenvalue weighted by molar-refractivity contribution is 14.1. The van der Waals surface area contributed by atoms with Gasteiger partial charge >= 0.3 is 0 Å². The summed E-state index contributed by atoms with van der Waals surface area (Å²) >= 11 is 2.20. The summed E-state index contributed by atoms with van der Waals surface area (Å²) in [6.45, 7) is 0. The van der Waals surface area contributed by atoms with Crippen LogP contribution in [0.2, 0.25) is 0 Å². The molecule has 0 saturated heterocycles. The molecule has 0 amide bonds. The highest BCUT2D eigenvalue weighted by atomic mass is 127. The van der Waals surface area contributed by atoms with Crippen molar-refractivity contribution in [3.63, 3.8) is 0 Å². The average Bonchev–Trinajstić information content (AvgIpc) is 2.51. The summed E-state index contributed by atoms with van der Waals surface area (Å²) in [5.74, 6) is 2.36. The van der Waals surface area contributed by atoms with Crippen LogP contribution in [0.1, 0.15) is 0 Å². The van der Waals surface area contributed by atoms with Crippen molar-refractivity contribution in [1.82, 2.24) is 9.97 Å². The Bertz CT molecular complexity index is 734. The Balaban J connectivity index is 1.79. The zero-order valence-corrected chi connectivity index (χ0v) is 13.2. The number of halogens is 1. The molecule has 0 bridgehead atoms. The first-order chi connectivity index (χ1) is 10.3. The lowest BCUT2D eigenvalue weighted by atomic mass is 10.3. The van der Waals surface area contributed by atoms with E-state index in [-0.39, 0.29) is 0 Å². The molecule has 4 nitrogen and oxygen atoms in total. The van der Waals surface area contributed by atoms with Crippen LogP contribution in [-0.4, -0.2) is 9.97 Å². The number of ether oxygens (including phenoxy) is 1. The van der Waals surface area contributed by atoms with Gasteiger partial charge in [0.05, 0.1) is 3.57 Å². The van der Waals surface area contributed by atoms with Crippen LogP contribution in [0.5, 0.6) is 11.5 Å². The fourth-order valence-electron chi connectivity index (χ4n) is 1.80. The Hall–Kier alpha value is -2.15. The number of nitrogens with zero attached hydrogens (tertiary/aromatic N) is 2. The number of benzene rings is 2. The molecule has 0 radical (unpaired) electrons. The van der Waals surface area contributed by atoms with Crippen molar-refractivity contribution in [2.24, 2.45) is 0 Å². The third-order valence-corrected chi connectivity index (χ3v) is 3.53. The van der Waals surface area contributed by atoms with Gasteiger partial charge in [0.15, 0.2) is 0 Å². The number of aromatic nitrogens is 2. The van der Waals surface area contributed by atoms with Crippen LogP contribution < -0.4 is 10.1 Å². The van der Waals surface area contributed by atoms with Crippen LogP contribution in [0, 0.1) is 3.57 Å². The number of hydrogen-bond acceptors (Lipinski definition) is 4. The summed E-state index contributed by atoms with van der Waals surface area (Å²) < 4.78 is 6.77. The molecular formula is C16H12IN3O. The second-order valence-corrected chi connectivity index (χ2v) is 5.45. The van der Waals surface area contributed by atoms with Crippen molar-refractivity contribution in [3.8, 4) is 11.5 Å². The van der Waals surface area contributed by atoms with Crippen LogP contribution in [0.3, 0.4) is 0 Å². The average molecular weight is 389 g/mol. The van der Waals surface area contributed by atoms with Gasteiger partial charge in [-0.25, -0.2) is 9.97 Å². The number of rotatable bonds is 4. The van der Waals surface area contributed by atoms with E-state index in [9.17, 15) is 0 Å². The van der Waals surface area contributed by atoms with Crippen LogP contribution in [0.4, 0.5) is 11.5 Å². The van der Waals surface area contributed by atoms with Crippen molar-refractivity contribution in [2.75, 3.05) is 5.32 Å². The summed E-state index contributed by atoms with van der Waals surface area (Å²) in [7, 11) is 0. The van der Waals surface area contributed by atoms with Gasteiger partial charge in [-0.15, -0.1) is 0 Å². The zero-order chi connectivity index (χ0) is 14.5. The normalized spacial score (nSPS) is 10.1. The minimum absolute atomic E-state index is 0.773. The smallest absolute Gasteiger partial charge is 0.147 e. The SMILES string of the molecule is Ic1cncnc1Nc1cccc(Oc2ccccc2)c1. The third kappa shape index (κ3) is 3.69. The molecule has 0 fully saturated rings. The van der Waals surface area contributed by atoms with Gasteiger partial charge in [-0.05, 0) is 46.9 Å². The van der Waals surface area contributed by atoms with E-state index in [1.54, 1.807) is 6.20 Å². The molecule has 1 N–H and O–H groups in total. The summed E-state index contributed by atoms with van der Waals surface area (Å²) in [4.78, 5) is 8.19. The summed E-state index contributed by atoms with van der Waals surface area (Å²) in [6.07, 6.45) is 3.29. The van der Waals surface area contributed by atoms with Gasteiger partial charge in [-0.3, -0.25) is 0 Å². The minimum Gasteiger partial charge on any atom is -0.457 e. The van der Waals surface area contributed by atoms with E-state index in [0.717, 1.165) is 26.6 Å². The lowest BCUT2D eigenvalue weighted by Crippen LogP contribution is -1.97. The van der Waals surface area contributed by atoms with Gasteiger partial charge in [0, 0.05) is 18.0 Å². The Morgan fingerprint density at radius 2 is 1.76 bits per heavy atom. The Morgan fingerprint density at radius 1 is 0.952 bits per heavy atom. The van der Waals surface area contributed by atoms with Crippen molar-refractivity contribution >= 4 is 34.1 Å². The molecule has 0 spiro atoms. The first kappa shape index (κ1) is 13.8. The van der Waals surface area contributed by atoms with Gasteiger partial charge in [0.2, 0.25) is 0 Å². The number of para-hydroxylation sites is 1. The molecular weight excluding hydrogens is 377 g/mol. The number of hydrogen-bond donors (Lipinski definition) is 1. The fourth-order valence-corrected chi connectivity index (χ4v) is 2.24. The maximum Gasteiger partial charge on any atom is 0.147 e. The van der Waals surface area contributed by atoms with Crippen LogP contribution in [0.15, 0.2) is 67.1 Å². The van der Waals surface area contributed by atoms with Gasteiger partial charge in [-0.1, -0.05) is 24.3 Å². The van der Waals surface area contributed by atoms with Crippen molar-refractivity contribution < 1.29 is 4.74 Å². The predicted molar refractivity (Wildman–Crippen MR) is 91.0 cm³/mol. The topological polar surface area (TPSA) is 47.0 Å². The molecule has 0 aliphatic carbocycles. The second-order valence-electron chi connectivity index (χ2n) is 4.29. The molecule has 0 aliphatic heterocycles. The van der Waals surface area contributed by atoms with E-state index in [1.807, 2.05) is 54.6 Å². The lowest BCUT2D eigenvalue weighted by molar-refractivity contribution is 0.483. The van der Waals surface area contributed by atoms with Crippen LogP contribution in [-0.2, 0) is 0 Å². The highest BCUT2D eigenvalue weighted by Gasteiger charge is 2.03. The second kappa shape index (κ2) is 6.53. The Labute approximate surface area is 136 Å². The monoisotopic (exact) mass is 389 g/mol. The van der Waals surface area contributed by atoms with Gasteiger partial charge < -0.3 is 10.1 Å². The molecule has 5 heteroatoms. The summed E-state index contributed by atoms with van der Waals surface area (Å²) in [5, 5.41) is 3.26. The molecule has 0 atom stereocenters. The lowest BCUT2D eigenvalue weighted by Gasteiger charge is -2.09. The van der Waals surface area contributed by atoms with E-state index in [0.29, 0.717) is 0 Å². The number of nitrogens with one attached hydrogen (secondary N) is 1. The first-order valence-corrected chi connectivity index (χ1v) is 7.44. The number of anilines is 2. The van der Waals surface area contributed by atoms with E-state index in [4.69, 9.17) is 4.74 Å². The summed E-state index contributed by atoms with van der Waals surface area (Å²) in [6, 6.07) is 17.5. The van der Waals surface area contributed by atoms with Crippen molar-refractivity contribution in [1.29, 1.82) is 0 Å². The molecule has 0 aliphatic rings. The zero-order valence-electron chi connectivity index (χ0n) is 11.0. The van der Waals surface area contributed by atoms with Gasteiger partial charge in [0.1, 0.15) is 23.6 Å². The Morgan fingerprint density at radius 3 is 2.57 bits per heavy atom. The van der Waals surface area contributed by atoms with Crippen molar-refractivity contribution in [2.45, 2.75) is 0 Å². The molecule has 21 heavy (non-hydrogen) atoms. The predicted octanol–water partition coefficient (Wildman–Crippen LogP) is 4.62. The molecule has 0 saturated carbocycles. The first-order valence-electron chi connectivity index (χ1n) is 6.37. The van der Waals surface area contributed by atoms with Crippen LogP contribution in [0.25, 0.3) is 0 Å². The molecule has 1 aromatic heterocycles. The largest absolute Gasteiger partial charge is 0.457 e. The van der Waals surface area contributed by atoms with E-state index in [1.165, 1.54) is 6.33 Å². The maximum atomic E-state index is 5.81. The minimum atomic E-state index is 0.773. The van der Waals surface area contributed by atoms with Crippen molar-refractivity contribution in [3.05, 3.63) is 70.7 Å². The molecule has 3 aromatic rings. The molecule has 2 aromatic carbocycles. The fraction of sp³-hybridized carbons (Fsp3) is 0. The quantitative estimate of drug-likeness (QED) is 0.662. The van der Waals surface area contributed by atoms with Crippen LogP contribution >= 0.6 is 22.6 Å². The van der Waals surface area contributed by atoms with Gasteiger partial charge in [0.25, 0.3) is 0 Å². The van der Waals surface area contributed by atoms with E-state index in [2.05, 4.69) is 37.9 Å². The highest BCUT2D eigenvalue weighted by Crippen LogP contribution is 2.26. The third-order valence-electron chi connectivity index (χ3n) is 2.74. The van der Waals surface area contributed by atoms with E-state index < -0.39 is 0 Å². The molecule has 1 heterocycles. The van der Waals surface area contributed by atoms with E-state index >= 15 is 0 Å². The Kier molecular flexibility index (Phi) is 4.30. The maximum absolute atomic E-state index is 5.81.